The number of hydrogen-bond donors (Lipinski definition) is 3. The Balaban J connectivity index is 1.94. The number of morpholine rings is 1. The van der Waals surface area contributed by atoms with Crippen LogP contribution in [0.1, 0.15) is 23.6 Å². The van der Waals surface area contributed by atoms with Crippen LogP contribution in [0.5, 0.6) is 0 Å². The van der Waals surface area contributed by atoms with Gasteiger partial charge in [0.25, 0.3) is 0 Å². The maximum Gasteiger partial charge on any atom is 0.188 e. The van der Waals surface area contributed by atoms with E-state index in [1.54, 1.807) is 12.1 Å². The fourth-order valence-corrected chi connectivity index (χ4v) is 3.51. The lowest BCUT2D eigenvalue weighted by Gasteiger charge is -2.47. The van der Waals surface area contributed by atoms with Crippen molar-refractivity contribution >= 4 is 0 Å². The Morgan fingerprint density at radius 2 is 1.85 bits per heavy atom. The standard InChI is InChI=1S/C20H24FNO4/c21-17-8-6-16(7-9-17)19-20(25,12-18(24)14-23)26-11-10-22(19)13-15-4-2-1-3-5-15/h1-9,18-19,23-25H,10-14H2/t18?,19-,20+/m0/s1. The Hall–Kier alpha value is -1.83. The van der Waals surface area contributed by atoms with Crippen LogP contribution in [-0.4, -0.2) is 51.9 Å². The van der Waals surface area contributed by atoms with E-state index in [4.69, 9.17) is 4.74 Å². The summed E-state index contributed by atoms with van der Waals surface area (Å²) >= 11 is 0. The quantitative estimate of drug-likeness (QED) is 0.732. The highest BCUT2D eigenvalue weighted by molar-refractivity contribution is 5.24. The smallest absolute Gasteiger partial charge is 0.188 e. The van der Waals surface area contributed by atoms with Gasteiger partial charge in [-0.05, 0) is 23.3 Å². The summed E-state index contributed by atoms with van der Waals surface area (Å²) in [6, 6.07) is 15.1. The van der Waals surface area contributed by atoms with Gasteiger partial charge in [0, 0.05) is 19.5 Å². The Labute approximate surface area is 152 Å². The summed E-state index contributed by atoms with van der Waals surface area (Å²) in [6.07, 6.45) is -1.25. The Bertz CT molecular complexity index is 697. The molecule has 6 heteroatoms. The van der Waals surface area contributed by atoms with Crippen molar-refractivity contribution in [1.82, 2.24) is 4.90 Å². The van der Waals surface area contributed by atoms with Crippen LogP contribution in [0.2, 0.25) is 0 Å². The maximum absolute atomic E-state index is 13.4. The van der Waals surface area contributed by atoms with Gasteiger partial charge in [-0.2, -0.15) is 0 Å². The molecule has 140 valence electrons. The highest BCUT2D eigenvalue weighted by atomic mass is 19.1. The van der Waals surface area contributed by atoms with E-state index >= 15 is 0 Å². The molecule has 2 aromatic carbocycles. The molecule has 1 unspecified atom stereocenters. The Kier molecular flexibility index (Phi) is 6.01. The predicted molar refractivity (Wildman–Crippen MR) is 94.6 cm³/mol. The molecular weight excluding hydrogens is 337 g/mol. The molecule has 1 aliphatic heterocycles. The van der Waals surface area contributed by atoms with Gasteiger partial charge in [0.1, 0.15) is 5.82 Å². The van der Waals surface area contributed by atoms with Crippen LogP contribution in [0.15, 0.2) is 54.6 Å². The van der Waals surface area contributed by atoms with Gasteiger partial charge in [-0.1, -0.05) is 42.5 Å². The number of rotatable bonds is 6. The highest BCUT2D eigenvalue weighted by Crippen LogP contribution is 2.40. The van der Waals surface area contributed by atoms with Crippen LogP contribution in [0.3, 0.4) is 0 Å². The number of benzene rings is 2. The maximum atomic E-state index is 13.4. The average Bonchev–Trinajstić information content (AvgIpc) is 2.63. The first-order valence-corrected chi connectivity index (χ1v) is 8.70. The minimum atomic E-state index is -1.69. The second-order valence-electron chi connectivity index (χ2n) is 6.64. The summed E-state index contributed by atoms with van der Waals surface area (Å²) in [5.74, 6) is -2.05. The van der Waals surface area contributed by atoms with E-state index in [9.17, 15) is 19.7 Å². The summed E-state index contributed by atoms with van der Waals surface area (Å²) in [5, 5.41) is 30.3. The van der Waals surface area contributed by atoms with E-state index in [1.807, 2.05) is 30.3 Å². The van der Waals surface area contributed by atoms with Gasteiger partial charge < -0.3 is 20.1 Å². The van der Waals surface area contributed by atoms with Gasteiger partial charge in [-0.25, -0.2) is 4.39 Å². The summed E-state index contributed by atoms with van der Waals surface area (Å²) in [6.45, 7) is 0.970. The van der Waals surface area contributed by atoms with Crippen molar-refractivity contribution in [3.05, 3.63) is 71.5 Å². The molecule has 0 amide bonds. The van der Waals surface area contributed by atoms with Crippen molar-refractivity contribution in [3.8, 4) is 0 Å². The van der Waals surface area contributed by atoms with Crippen molar-refractivity contribution in [2.45, 2.75) is 30.9 Å². The first-order valence-electron chi connectivity index (χ1n) is 8.70. The molecule has 3 N–H and O–H groups in total. The van der Waals surface area contributed by atoms with Crippen molar-refractivity contribution in [3.63, 3.8) is 0 Å². The van der Waals surface area contributed by atoms with Crippen molar-refractivity contribution < 1.29 is 24.4 Å². The molecule has 0 radical (unpaired) electrons. The summed E-state index contributed by atoms with van der Waals surface area (Å²) in [4.78, 5) is 2.05. The lowest BCUT2D eigenvalue weighted by molar-refractivity contribution is -0.285. The molecule has 3 atom stereocenters. The van der Waals surface area contributed by atoms with Gasteiger partial charge in [-0.3, -0.25) is 4.90 Å². The van der Waals surface area contributed by atoms with E-state index in [0.29, 0.717) is 25.3 Å². The molecule has 0 spiro atoms. The van der Waals surface area contributed by atoms with Crippen LogP contribution in [0.25, 0.3) is 0 Å². The molecular formula is C20H24FNO4. The van der Waals surface area contributed by atoms with E-state index in [2.05, 4.69) is 4.90 Å². The largest absolute Gasteiger partial charge is 0.394 e. The molecule has 3 rings (SSSR count). The third-order valence-corrected chi connectivity index (χ3v) is 4.68. The van der Waals surface area contributed by atoms with Gasteiger partial charge in [-0.15, -0.1) is 0 Å². The number of nitrogens with zero attached hydrogens (tertiary/aromatic N) is 1. The van der Waals surface area contributed by atoms with Crippen LogP contribution in [0, 0.1) is 5.82 Å². The number of halogens is 1. The minimum absolute atomic E-state index is 0.142. The van der Waals surface area contributed by atoms with E-state index in [1.165, 1.54) is 12.1 Å². The Morgan fingerprint density at radius 3 is 2.50 bits per heavy atom. The SMILES string of the molecule is OCC(O)C[C@@]1(O)OCCN(Cc2ccccc2)[C@H]1c1ccc(F)cc1. The average molecular weight is 361 g/mol. The lowest BCUT2D eigenvalue weighted by Crippen LogP contribution is -2.55. The van der Waals surface area contributed by atoms with Crippen LogP contribution in [0.4, 0.5) is 4.39 Å². The molecule has 1 heterocycles. The monoisotopic (exact) mass is 361 g/mol. The zero-order chi connectivity index (χ0) is 18.6. The predicted octanol–water partition coefficient (Wildman–Crippen LogP) is 1.83. The molecule has 0 aromatic heterocycles. The van der Waals surface area contributed by atoms with Crippen molar-refractivity contribution in [2.75, 3.05) is 19.8 Å². The molecule has 1 aliphatic rings. The van der Waals surface area contributed by atoms with Gasteiger partial charge in [0.2, 0.25) is 0 Å². The fraction of sp³-hybridized carbons (Fsp3) is 0.400. The third-order valence-electron chi connectivity index (χ3n) is 4.68. The highest BCUT2D eigenvalue weighted by Gasteiger charge is 2.46. The van der Waals surface area contributed by atoms with Crippen molar-refractivity contribution in [1.29, 1.82) is 0 Å². The third kappa shape index (κ3) is 4.28. The molecule has 0 saturated carbocycles. The van der Waals surface area contributed by atoms with E-state index < -0.39 is 24.5 Å². The zero-order valence-corrected chi connectivity index (χ0v) is 14.5. The van der Waals surface area contributed by atoms with Crippen LogP contribution < -0.4 is 0 Å². The number of aliphatic hydroxyl groups is 3. The second-order valence-corrected chi connectivity index (χ2v) is 6.64. The molecule has 5 nitrogen and oxygen atoms in total. The van der Waals surface area contributed by atoms with Gasteiger partial charge in [0.05, 0.1) is 25.4 Å². The topological polar surface area (TPSA) is 73.2 Å². The summed E-state index contributed by atoms with van der Waals surface area (Å²) in [5.41, 5.74) is 1.77. The molecule has 0 bridgehead atoms. The normalized spacial score (nSPS) is 25.2. The first kappa shape index (κ1) is 18.9. The van der Waals surface area contributed by atoms with Crippen LogP contribution >= 0.6 is 0 Å². The molecule has 1 saturated heterocycles. The molecule has 1 fully saturated rings. The van der Waals surface area contributed by atoms with Crippen molar-refractivity contribution in [2.24, 2.45) is 0 Å². The van der Waals surface area contributed by atoms with E-state index in [-0.39, 0.29) is 12.2 Å². The summed E-state index contributed by atoms with van der Waals surface area (Å²) < 4.78 is 19.0. The summed E-state index contributed by atoms with van der Waals surface area (Å²) in [7, 11) is 0. The first-order chi connectivity index (χ1) is 12.5. The number of hydrogen-bond acceptors (Lipinski definition) is 5. The zero-order valence-electron chi connectivity index (χ0n) is 14.5. The fourth-order valence-electron chi connectivity index (χ4n) is 3.51. The molecule has 26 heavy (non-hydrogen) atoms. The second kappa shape index (κ2) is 8.24. The van der Waals surface area contributed by atoms with Crippen LogP contribution in [-0.2, 0) is 11.3 Å². The minimum Gasteiger partial charge on any atom is -0.394 e. The Morgan fingerprint density at radius 1 is 1.15 bits per heavy atom. The molecule has 2 aromatic rings. The number of ether oxygens (including phenoxy) is 1. The number of aliphatic hydroxyl groups excluding tert-OH is 2. The van der Waals surface area contributed by atoms with Gasteiger partial charge >= 0.3 is 0 Å². The van der Waals surface area contributed by atoms with E-state index in [0.717, 1.165) is 5.56 Å². The lowest BCUT2D eigenvalue weighted by atomic mass is 9.90. The molecule has 0 aliphatic carbocycles. The van der Waals surface area contributed by atoms with Gasteiger partial charge in [0.15, 0.2) is 5.79 Å².